The first-order chi connectivity index (χ1) is 22.4. The van der Waals surface area contributed by atoms with Crippen LogP contribution in [0.5, 0.6) is 0 Å². The zero-order valence-electron chi connectivity index (χ0n) is 27.5. The lowest BCUT2D eigenvalue weighted by Gasteiger charge is -2.33. The number of aliphatic hydroxyl groups is 1. The Hall–Kier alpha value is -4.97. The number of amides is 4. The summed E-state index contributed by atoms with van der Waals surface area (Å²) < 4.78 is 9.30. The molecule has 0 aliphatic heterocycles. The fourth-order valence-electron chi connectivity index (χ4n) is 5.07. The van der Waals surface area contributed by atoms with Crippen LogP contribution >= 0.6 is 0 Å². The molecule has 12 heteroatoms. The Kier molecular flexibility index (Phi) is 13.7. The van der Waals surface area contributed by atoms with Gasteiger partial charge in [0.1, 0.15) is 12.6 Å². The lowest BCUT2D eigenvalue weighted by molar-refractivity contribution is -0.126. The summed E-state index contributed by atoms with van der Waals surface area (Å²) in [5.41, 5.74) is 3.04. The SMILES string of the molecule is COC(=O)NCC(=O)N[C@@H](Cc1ccccc1)[C@@H](O)C[C@H](Cc1ccc(-c2cccnc2)cc1)NC(=O)[C@@H](NC(=O)OC)C(C)(C)C. The van der Waals surface area contributed by atoms with Gasteiger partial charge in [-0.1, -0.05) is 81.4 Å². The quantitative estimate of drug-likeness (QED) is 0.178. The van der Waals surface area contributed by atoms with Gasteiger partial charge < -0.3 is 35.8 Å². The van der Waals surface area contributed by atoms with Crippen LogP contribution < -0.4 is 21.3 Å². The zero-order chi connectivity index (χ0) is 34.4. The van der Waals surface area contributed by atoms with Crippen molar-refractivity contribution in [3.05, 3.63) is 90.3 Å². The maximum absolute atomic E-state index is 13.7. The van der Waals surface area contributed by atoms with Crippen LogP contribution in [0, 0.1) is 5.41 Å². The Balaban J connectivity index is 1.87. The van der Waals surface area contributed by atoms with Crippen molar-refractivity contribution in [2.24, 2.45) is 5.41 Å². The Morgan fingerprint density at radius 2 is 1.45 bits per heavy atom. The third-order valence-electron chi connectivity index (χ3n) is 7.57. The maximum Gasteiger partial charge on any atom is 0.407 e. The van der Waals surface area contributed by atoms with Crippen molar-refractivity contribution in [3.63, 3.8) is 0 Å². The van der Waals surface area contributed by atoms with Gasteiger partial charge in [0.25, 0.3) is 0 Å². The number of benzene rings is 2. The summed E-state index contributed by atoms with van der Waals surface area (Å²) in [5, 5.41) is 22.4. The van der Waals surface area contributed by atoms with Crippen molar-refractivity contribution in [2.45, 2.75) is 64.3 Å². The molecule has 1 heterocycles. The molecule has 12 nitrogen and oxygen atoms in total. The second kappa shape index (κ2) is 17.7. The van der Waals surface area contributed by atoms with E-state index in [9.17, 15) is 24.3 Å². The molecule has 0 aliphatic carbocycles. The van der Waals surface area contributed by atoms with Crippen LogP contribution in [0.1, 0.15) is 38.3 Å². The number of hydrogen-bond acceptors (Lipinski definition) is 8. The molecule has 252 valence electrons. The van der Waals surface area contributed by atoms with Crippen molar-refractivity contribution in [1.29, 1.82) is 0 Å². The highest BCUT2D eigenvalue weighted by molar-refractivity contribution is 5.86. The summed E-state index contributed by atoms with van der Waals surface area (Å²) >= 11 is 0. The first-order valence-electron chi connectivity index (χ1n) is 15.4. The van der Waals surface area contributed by atoms with Gasteiger partial charge in [0.05, 0.1) is 26.4 Å². The molecule has 4 atom stereocenters. The molecular weight excluding hydrogens is 602 g/mol. The predicted octanol–water partition coefficient (Wildman–Crippen LogP) is 3.38. The monoisotopic (exact) mass is 647 g/mol. The van der Waals surface area contributed by atoms with Crippen LogP contribution in [0.4, 0.5) is 9.59 Å². The highest BCUT2D eigenvalue weighted by Crippen LogP contribution is 2.22. The van der Waals surface area contributed by atoms with Crippen LogP contribution in [0.2, 0.25) is 0 Å². The molecule has 3 rings (SSSR count). The van der Waals surface area contributed by atoms with Crippen LogP contribution in [-0.4, -0.2) is 79.1 Å². The summed E-state index contributed by atoms with van der Waals surface area (Å²) in [7, 11) is 2.42. The molecule has 0 fully saturated rings. The van der Waals surface area contributed by atoms with Crippen LogP contribution in [0.3, 0.4) is 0 Å². The number of rotatable bonds is 14. The van der Waals surface area contributed by atoms with Gasteiger partial charge in [0.2, 0.25) is 11.8 Å². The summed E-state index contributed by atoms with van der Waals surface area (Å²) in [6.07, 6.45) is 1.57. The van der Waals surface area contributed by atoms with Gasteiger partial charge in [0.15, 0.2) is 0 Å². The minimum absolute atomic E-state index is 0.0629. The summed E-state index contributed by atoms with van der Waals surface area (Å²) in [6.45, 7) is 5.12. The van der Waals surface area contributed by atoms with E-state index in [0.717, 1.165) is 22.3 Å². The van der Waals surface area contributed by atoms with Crippen molar-refractivity contribution < 1.29 is 33.8 Å². The number of aromatic nitrogens is 1. The molecule has 0 unspecified atom stereocenters. The third-order valence-corrected chi connectivity index (χ3v) is 7.57. The molecule has 5 N–H and O–H groups in total. The van der Waals surface area contributed by atoms with Gasteiger partial charge in [0, 0.05) is 18.4 Å². The smallest absolute Gasteiger partial charge is 0.407 e. The average Bonchev–Trinajstić information content (AvgIpc) is 3.06. The lowest BCUT2D eigenvalue weighted by Crippen LogP contribution is -2.57. The van der Waals surface area contributed by atoms with E-state index in [-0.39, 0.29) is 13.0 Å². The minimum atomic E-state index is -1.11. The topological polar surface area (TPSA) is 168 Å². The number of hydrogen-bond donors (Lipinski definition) is 5. The van der Waals surface area contributed by atoms with E-state index in [1.165, 1.54) is 14.2 Å². The predicted molar refractivity (Wildman–Crippen MR) is 177 cm³/mol. The van der Waals surface area contributed by atoms with Gasteiger partial charge in [-0.15, -0.1) is 0 Å². The minimum Gasteiger partial charge on any atom is -0.453 e. The van der Waals surface area contributed by atoms with Crippen LogP contribution in [0.15, 0.2) is 79.1 Å². The first-order valence-corrected chi connectivity index (χ1v) is 15.4. The molecule has 0 bridgehead atoms. The van der Waals surface area contributed by atoms with E-state index in [1.807, 2.05) is 87.5 Å². The molecule has 3 aromatic rings. The highest BCUT2D eigenvalue weighted by Gasteiger charge is 2.35. The van der Waals surface area contributed by atoms with Gasteiger partial charge in [-0.3, -0.25) is 14.6 Å². The molecule has 47 heavy (non-hydrogen) atoms. The number of alkyl carbamates (subject to hydrolysis) is 2. The van der Waals surface area contributed by atoms with Crippen molar-refractivity contribution >= 4 is 24.0 Å². The molecule has 0 radical (unpaired) electrons. The second-order valence-corrected chi connectivity index (χ2v) is 12.3. The summed E-state index contributed by atoms with van der Waals surface area (Å²) in [6, 6.07) is 18.7. The standard InChI is InChI=1S/C35H45N5O7/c1-35(2,3)31(40-34(45)47-5)32(43)38-27(18-24-13-15-25(16-14-24)26-12-9-17-36-21-26)20-29(41)28(19-23-10-7-6-8-11-23)39-30(42)22-37-33(44)46-4/h6-17,21,27-29,31,41H,18-20,22H2,1-5H3,(H,37,44)(H,38,43)(H,39,42)(H,40,45)/t27-,28-,29-,31+/m0/s1. The maximum atomic E-state index is 13.7. The van der Waals surface area contributed by atoms with E-state index < -0.39 is 53.6 Å². The third kappa shape index (κ3) is 12.0. The van der Waals surface area contributed by atoms with Crippen molar-refractivity contribution in [1.82, 2.24) is 26.3 Å². The average molecular weight is 648 g/mol. The Morgan fingerprint density at radius 1 is 0.787 bits per heavy atom. The zero-order valence-corrected chi connectivity index (χ0v) is 27.5. The van der Waals surface area contributed by atoms with E-state index >= 15 is 0 Å². The van der Waals surface area contributed by atoms with Crippen LogP contribution in [-0.2, 0) is 31.9 Å². The first kappa shape index (κ1) is 36.5. The Labute approximate surface area is 275 Å². The summed E-state index contributed by atoms with van der Waals surface area (Å²) in [5.74, 6) is -0.963. The molecule has 0 saturated heterocycles. The van der Waals surface area contributed by atoms with Crippen molar-refractivity contribution in [3.8, 4) is 11.1 Å². The van der Waals surface area contributed by atoms with E-state index in [4.69, 9.17) is 4.74 Å². The molecule has 0 aliphatic rings. The van der Waals surface area contributed by atoms with Crippen LogP contribution in [0.25, 0.3) is 11.1 Å². The number of pyridine rings is 1. The fraction of sp³-hybridized carbons (Fsp3) is 0.400. The van der Waals surface area contributed by atoms with E-state index in [0.29, 0.717) is 12.8 Å². The number of ether oxygens (including phenoxy) is 2. The largest absolute Gasteiger partial charge is 0.453 e. The highest BCUT2D eigenvalue weighted by atomic mass is 16.5. The number of nitrogens with one attached hydrogen (secondary N) is 4. The number of nitrogens with zero attached hydrogens (tertiary/aromatic N) is 1. The van der Waals surface area contributed by atoms with Gasteiger partial charge in [-0.05, 0) is 53.0 Å². The Bertz CT molecular complexity index is 1450. The van der Waals surface area contributed by atoms with E-state index in [2.05, 4.69) is 31.0 Å². The van der Waals surface area contributed by atoms with Gasteiger partial charge >= 0.3 is 12.2 Å². The number of carbonyl (C=O) groups is 4. The number of aliphatic hydroxyl groups excluding tert-OH is 1. The Morgan fingerprint density at radius 3 is 2.04 bits per heavy atom. The molecule has 4 amide bonds. The lowest BCUT2D eigenvalue weighted by atomic mass is 9.85. The molecule has 2 aromatic carbocycles. The molecule has 1 aromatic heterocycles. The molecule has 0 spiro atoms. The fourth-order valence-corrected chi connectivity index (χ4v) is 5.07. The number of carbonyl (C=O) groups excluding carboxylic acids is 4. The summed E-state index contributed by atoms with van der Waals surface area (Å²) in [4.78, 5) is 54.3. The molecule has 0 saturated carbocycles. The van der Waals surface area contributed by atoms with Gasteiger partial charge in [-0.2, -0.15) is 0 Å². The van der Waals surface area contributed by atoms with Crippen molar-refractivity contribution in [2.75, 3.05) is 20.8 Å². The van der Waals surface area contributed by atoms with E-state index in [1.54, 1.807) is 12.4 Å². The van der Waals surface area contributed by atoms with Gasteiger partial charge in [-0.25, -0.2) is 9.59 Å². The normalized spacial score (nSPS) is 13.7. The number of methoxy groups -OCH3 is 2. The second-order valence-electron chi connectivity index (χ2n) is 12.3. The molecular formula is C35H45N5O7.